The van der Waals surface area contributed by atoms with Crippen LogP contribution in [-0.4, -0.2) is 0 Å². The number of hydrogen-bond donors (Lipinski definition) is 1. The van der Waals surface area contributed by atoms with E-state index in [0.717, 1.165) is 21.7 Å². The summed E-state index contributed by atoms with van der Waals surface area (Å²) in [6.45, 7) is 6.11. The van der Waals surface area contributed by atoms with Crippen molar-refractivity contribution in [3.05, 3.63) is 64.5 Å². The summed E-state index contributed by atoms with van der Waals surface area (Å²) in [6, 6.07) is 16.0. The summed E-state index contributed by atoms with van der Waals surface area (Å²) in [7, 11) is 0. The number of hydrogen-bond acceptors (Lipinski definition) is 1. The van der Waals surface area contributed by atoms with Crippen LogP contribution in [0.15, 0.2) is 48.5 Å². The lowest BCUT2D eigenvalue weighted by Gasteiger charge is -2.05. The summed E-state index contributed by atoms with van der Waals surface area (Å²) in [5.74, 6) is 0. The van der Waals surface area contributed by atoms with Crippen LogP contribution in [0.4, 0.5) is 5.69 Å². The first kappa shape index (κ1) is 10.5. The van der Waals surface area contributed by atoms with Crippen molar-refractivity contribution in [3.8, 4) is 0 Å². The standard InChI is InChI=1S/C15H15N/c1-11-7-3-4-8-13(11)12(2)14-9-5-6-10-15(14)16/h3-10H,1,16H2,2H3/b13-12-. The molecule has 0 amide bonds. The van der Waals surface area contributed by atoms with E-state index in [1.54, 1.807) is 0 Å². The Bertz CT molecular complexity index is 611. The van der Waals surface area contributed by atoms with Crippen LogP contribution < -0.4 is 16.2 Å². The molecular formula is C15H15N. The van der Waals surface area contributed by atoms with Gasteiger partial charge in [-0.3, -0.25) is 0 Å². The zero-order valence-electron chi connectivity index (χ0n) is 9.40. The van der Waals surface area contributed by atoms with E-state index in [1.165, 1.54) is 5.57 Å². The molecule has 0 bridgehead atoms. The number of benzene rings is 2. The molecule has 2 N–H and O–H groups in total. The Balaban J connectivity index is 2.77. The van der Waals surface area contributed by atoms with Crippen molar-refractivity contribution in [2.24, 2.45) is 0 Å². The molecule has 0 atom stereocenters. The van der Waals surface area contributed by atoms with E-state index < -0.39 is 0 Å². The first-order valence-electron chi connectivity index (χ1n) is 5.30. The summed E-state index contributed by atoms with van der Waals surface area (Å²) in [6.07, 6.45) is 0. The lowest BCUT2D eigenvalue weighted by molar-refractivity contribution is 1.45. The van der Waals surface area contributed by atoms with Crippen LogP contribution in [-0.2, 0) is 0 Å². The lowest BCUT2D eigenvalue weighted by atomic mass is 10.0. The van der Waals surface area contributed by atoms with Gasteiger partial charge in [0.2, 0.25) is 0 Å². The summed E-state index contributed by atoms with van der Waals surface area (Å²) in [5, 5.41) is 2.18. The second-order valence-corrected chi connectivity index (χ2v) is 3.87. The van der Waals surface area contributed by atoms with Crippen LogP contribution >= 0.6 is 0 Å². The summed E-state index contributed by atoms with van der Waals surface area (Å²) < 4.78 is 0. The molecule has 0 aromatic heterocycles. The van der Waals surface area contributed by atoms with Crippen molar-refractivity contribution in [1.82, 2.24) is 0 Å². The van der Waals surface area contributed by atoms with Gasteiger partial charge in [-0.05, 0) is 29.0 Å². The van der Waals surface area contributed by atoms with Gasteiger partial charge in [-0.15, -0.1) is 0 Å². The van der Waals surface area contributed by atoms with Gasteiger partial charge in [0, 0.05) is 11.3 Å². The molecule has 1 nitrogen and oxygen atoms in total. The van der Waals surface area contributed by atoms with Crippen LogP contribution in [0.25, 0.3) is 12.2 Å². The molecule has 80 valence electrons. The molecule has 0 saturated carbocycles. The Morgan fingerprint density at radius 1 is 1.00 bits per heavy atom. The molecule has 0 aliphatic rings. The maximum atomic E-state index is 5.97. The van der Waals surface area contributed by atoms with Crippen molar-refractivity contribution < 1.29 is 0 Å². The van der Waals surface area contributed by atoms with Crippen LogP contribution in [0.1, 0.15) is 12.5 Å². The summed E-state index contributed by atoms with van der Waals surface area (Å²) in [4.78, 5) is 0. The van der Waals surface area contributed by atoms with E-state index in [-0.39, 0.29) is 0 Å². The molecule has 0 heterocycles. The number of nitrogens with two attached hydrogens (primary N) is 1. The third-order valence-corrected chi connectivity index (χ3v) is 2.79. The Kier molecular flexibility index (Phi) is 2.78. The summed E-state index contributed by atoms with van der Waals surface area (Å²) in [5.41, 5.74) is 9.03. The Hall–Kier alpha value is -2.02. The van der Waals surface area contributed by atoms with Crippen LogP contribution in [0, 0.1) is 0 Å². The SMILES string of the molecule is C=c1cccc/c1=C(\C)c1ccccc1N. The average molecular weight is 209 g/mol. The highest BCUT2D eigenvalue weighted by molar-refractivity contribution is 5.73. The molecule has 0 aliphatic carbocycles. The van der Waals surface area contributed by atoms with Crippen molar-refractivity contribution in [2.45, 2.75) is 6.92 Å². The highest BCUT2D eigenvalue weighted by Crippen LogP contribution is 2.17. The minimum absolute atomic E-state index is 0.809. The molecule has 16 heavy (non-hydrogen) atoms. The summed E-state index contributed by atoms with van der Waals surface area (Å²) >= 11 is 0. The smallest absolute Gasteiger partial charge is 0.0390 e. The minimum atomic E-state index is 0.809. The normalized spacial score (nSPS) is 12.3. The van der Waals surface area contributed by atoms with Crippen molar-refractivity contribution in [1.29, 1.82) is 0 Å². The fourth-order valence-corrected chi connectivity index (χ4v) is 1.87. The van der Waals surface area contributed by atoms with E-state index in [4.69, 9.17) is 5.73 Å². The topological polar surface area (TPSA) is 26.0 Å². The Morgan fingerprint density at radius 3 is 2.31 bits per heavy atom. The zero-order valence-corrected chi connectivity index (χ0v) is 9.40. The van der Waals surface area contributed by atoms with Crippen molar-refractivity contribution in [3.63, 3.8) is 0 Å². The van der Waals surface area contributed by atoms with E-state index in [2.05, 4.69) is 19.6 Å². The molecule has 1 heteroatoms. The highest BCUT2D eigenvalue weighted by Gasteiger charge is 2.00. The quantitative estimate of drug-likeness (QED) is 0.713. The van der Waals surface area contributed by atoms with Gasteiger partial charge >= 0.3 is 0 Å². The van der Waals surface area contributed by atoms with Gasteiger partial charge < -0.3 is 5.73 Å². The van der Waals surface area contributed by atoms with E-state index in [1.807, 2.05) is 42.5 Å². The molecule has 0 saturated heterocycles. The van der Waals surface area contributed by atoms with Crippen molar-refractivity contribution in [2.75, 3.05) is 5.73 Å². The highest BCUT2D eigenvalue weighted by atomic mass is 14.6. The largest absolute Gasteiger partial charge is 0.398 e. The van der Waals surface area contributed by atoms with Crippen LogP contribution in [0.5, 0.6) is 0 Å². The molecule has 0 aliphatic heterocycles. The Morgan fingerprint density at radius 2 is 1.62 bits per heavy atom. The predicted octanol–water partition coefficient (Wildman–Crippen LogP) is 1.90. The third kappa shape index (κ3) is 1.84. The van der Waals surface area contributed by atoms with Gasteiger partial charge in [0.25, 0.3) is 0 Å². The molecule has 0 spiro atoms. The molecule has 0 fully saturated rings. The molecule has 2 aromatic rings. The molecule has 0 unspecified atom stereocenters. The van der Waals surface area contributed by atoms with Crippen molar-refractivity contribution >= 4 is 17.8 Å². The second-order valence-electron chi connectivity index (χ2n) is 3.87. The van der Waals surface area contributed by atoms with Crippen LogP contribution in [0.3, 0.4) is 0 Å². The van der Waals surface area contributed by atoms with Gasteiger partial charge in [-0.1, -0.05) is 49.0 Å². The number of nitrogen functional groups attached to an aromatic ring is 1. The number of anilines is 1. The van der Waals surface area contributed by atoms with Gasteiger partial charge in [-0.25, -0.2) is 0 Å². The first-order chi connectivity index (χ1) is 7.70. The van der Waals surface area contributed by atoms with Gasteiger partial charge in [-0.2, -0.15) is 0 Å². The van der Waals surface area contributed by atoms with Gasteiger partial charge in [0.05, 0.1) is 0 Å². The molecule has 0 radical (unpaired) electrons. The maximum Gasteiger partial charge on any atom is 0.0390 e. The fraction of sp³-hybridized carbons (Fsp3) is 0.0667. The predicted molar refractivity (Wildman–Crippen MR) is 70.3 cm³/mol. The number of rotatable bonds is 1. The third-order valence-electron chi connectivity index (χ3n) is 2.79. The lowest BCUT2D eigenvalue weighted by Crippen LogP contribution is -2.24. The minimum Gasteiger partial charge on any atom is -0.398 e. The van der Waals surface area contributed by atoms with E-state index in [0.29, 0.717) is 0 Å². The molecule has 2 aromatic carbocycles. The maximum absolute atomic E-state index is 5.97. The first-order valence-corrected chi connectivity index (χ1v) is 5.30. The Labute approximate surface area is 95.5 Å². The van der Waals surface area contributed by atoms with Gasteiger partial charge in [0.15, 0.2) is 0 Å². The monoisotopic (exact) mass is 209 g/mol. The molecule has 2 rings (SSSR count). The number of para-hydroxylation sites is 1. The van der Waals surface area contributed by atoms with Crippen LogP contribution in [0.2, 0.25) is 0 Å². The van der Waals surface area contributed by atoms with E-state index in [9.17, 15) is 0 Å². The van der Waals surface area contributed by atoms with E-state index >= 15 is 0 Å². The fourth-order valence-electron chi connectivity index (χ4n) is 1.87. The van der Waals surface area contributed by atoms with Gasteiger partial charge in [0.1, 0.15) is 0 Å². The second kappa shape index (κ2) is 4.23. The zero-order chi connectivity index (χ0) is 11.5. The average Bonchev–Trinajstić information content (AvgIpc) is 2.29. The molecular weight excluding hydrogens is 194 g/mol.